The number of hydrogen-bond acceptors (Lipinski definition) is 3. The monoisotopic (exact) mass is 493 g/mol. The number of carboxylic acid groups (broad SMARTS) is 1. The average molecular weight is 494 g/mol. The molecule has 1 aliphatic carbocycles. The Bertz CT molecular complexity index is 975. The maximum absolute atomic E-state index is 13.5. The number of carboxylic acids is 1. The molecule has 3 atom stereocenters. The maximum atomic E-state index is 13.5. The number of benzene rings is 1. The number of anilines is 1. The number of nitrogens with one attached hydrogen (secondary N) is 1. The van der Waals surface area contributed by atoms with Gasteiger partial charge >= 0.3 is 12.1 Å². The van der Waals surface area contributed by atoms with E-state index < -0.39 is 29.9 Å². The summed E-state index contributed by atoms with van der Waals surface area (Å²) in [6, 6.07) is 7.63. The Morgan fingerprint density at radius 2 is 1.90 bits per heavy atom. The van der Waals surface area contributed by atoms with Crippen LogP contribution in [0, 0.1) is 11.8 Å². The van der Waals surface area contributed by atoms with Crippen molar-refractivity contribution in [2.24, 2.45) is 11.8 Å². The minimum absolute atomic E-state index is 0.0683. The van der Waals surface area contributed by atoms with Crippen molar-refractivity contribution in [3.8, 4) is 0 Å². The van der Waals surface area contributed by atoms with Gasteiger partial charge in [0.1, 0.15) is 0 Å². The number of carbonyl (C=O) groups excluding carboxylic acids is 1. The van der Waals surface area contributed by atoms with Gasteiger partial charge in [-0.1, -0.05) is 36.2 Å². The van der Waals surface area contributed by atoms with Gasteiger partial charge in [-0.2, -0.15) is 13.2 Å². The van der Waals surface area contributed by atoms with Gasteiger partial charge in [-0.15, -0.1) is 11.3 Å². The van der Waals surface area contributed by atoms with Crippen LogP contribution in [-0.4, -0.2) is 23.2 Å². The van der Waals surface area contributed by atoms with Crippen LogP contribution in [0.25, 0.3) is 0 Å². The topological polar surface area (TPSA) is 66.4 Å². The summed E-state index contributed by atoms with van der Waals surface area (Å²) in [5.74, 6) is -5.26. The second-order valence-corrected chi connectivity index (χ2v) is 9.87. The average Bonchev–Trinajstić information content (AvgIpc) is 3.42. The van der Waals surface area contributed by atoms with Crippen molar-refractivity contribution in [3.63, 3.8) is 0 Å². The van der Waals surface area contributed by atoms with Crippen LogP contribution in [0.1, 0.15) is 48.5 Å². The van der Waals surface area contributed by atoms with Crippen LogP contribution in [0.3, 0.4) is 0 Å². The molecule has 1 heterocycles. The Kier molecular flexibility index (Phi) is 7.23. The van der Waals surface area contributed by atoms with Gasteiger partial charge in [0.05, 0.1) is 33.3 Å². The molecule has 168 valence electrons. The zero-order valence-electron chi connectivity index (χ0n) is 16.4. The summed E-state index contributed by atoms with van der Waals surface area (Å²) in [4.78, 5) is 24.4. The van der Waals surface area contributed by atoms with E-state index >= 15 is 0 Å². The van der Waals surface area contributed by atoms with Crippen molar-refractivity contribution >= 4 is 52.1 Å². The third-order valence-electron chi connectivity index (χ3n) is 5.46. The molecule has 2 N–H and O–H groups in total. The number of hydrogen-bond donors (Lipinski definition) is 2. The zero-order chi connectivity index (χ0) is 22.9. The number of amides is 1. The second-order valence-electron chi connectivity index (χ2n) is 7.72. The molecular weight excluding hydrogens is 474 g/mol. The van der Waals surface area contributed by atoms with Crippen molar-refractivity contribution in [2.45, 2.75) is 44.2 Å². The lowest BCUT2D eigenvalue weighted by Gasteiger charge is -2.25. The molecule has 0 radical (unpaired) electrons. The number of thiophene rings is 1. The first kappa shape index (κ1) is 23.9. The molecule has 3 rings (SSSR count). The molecule has 1 aliphatic rings. The van der Waals surface area contributed by atoms with E-state index in [1.54, 1.807) is 12.1 Å². The maximum Gasteiger partial charge on any atom is 0.392 e. The molecule has 0 spiro atoms. The molecule has 10 heteroatoms. The van der Waals surface area contributed by atoms with Gasteiger partial charge in [0.2, 0.25) is 5.91 Å². The van der Waals surface area contributed by atoms with E-state index in [0.29, 0.717) is 5.56 Å². The van der Waals surface area contributed by atoms with Gasteiger partial charge < -0.3 is 10.4 Å². The van der Waals surface area contributed by atoms with Gasteiger partial charge in [0.25, 0.3) is 0 Å². The van der Waals surface area contributed by atoms with Gasteiger partial charge in [0.15, 0.2) is 0 Å². The molecule has 0 aliphatic heterocycles. The van der Waals surface area contributed by atoms with E-state index in [1.807, 2.05) is 0 Å². The van der Waals surface area contributed by atoms with Crippen molar-refractivity contribution < 1.29 is 27.9 Å². The molecule has 4 nitrogen and oxygen atoms in total. The Labute approximate surface area is 191 Å². The molecule has 1 aromatic carbocycles. The number of halogens is 5. The van der Waals surface area contributed by atoms with Crippen molar-refractivity contribution in [1.29, 1.82) is 0 Å². The lowest BCUT2D eigenvalue weighted by molar-refractivity contribution is -0.177. The van der Waals surface area contributed by atoms with Crippen LogP contribution in [0.4, 0.5) is 18.9 Å². The highest BCUT2D eigenvalue weighted by molar-refractivity contribution is 7.16. The first-order valence-electron chi connectivity index (χ1n) is 9.61. The SMILES string of the molecule is C[C@H](C(C(=O)Nc1cc([C@@H](CC(=O)O)C2CC2)ccc1Cl)c1ccc(Cl)s1)C(F)(F)F. The molecular formula is C21H20Cl2F3NO3S. The Morgan fingerprint density at radius 1 is 1.23 bits per heavy atom. The Balaban J connectivity index is 1.90. The van der Waals surface area contributed by atoms with Crippen LogP contribution in [0.5, 0.6) is 0 Å². The third kappa shape index (κ3) is 5.93. The van der Waals surface area contributed by atoms with E-state index in [-0.39, 0.29) is 38.2 Å². The second kappa shape index (κ2) is 9.38. The predicted octanol–water partition coefficient (Wildman–Crippen LogP) is 6.94. The fraction of sp³-hybridized carbons (Fsp3) is 0.429. The standard InChI is InChI=1S/C21H20Cl2F3NO3S/c1-10(21(24,25)26)19(16-6-7-17(23)31-16)20(30)27-15-8-12(4-5-14(15)22)13(9-18(28)29)11-2-3-11/h4-8,10-11,13,19H,2-3,9H2,1H3,(H,27,30)(H,28,29)/t10-,13+,19?/m1/s1. The first-order chi connectivity index (χ1) is 14.5. The largest absolute Gasteiger partial charge is 0.481 e. The summed E-state index contributed by atoms with van der Waals surface area (Å²) in [5.41, 5.74) is 0.839. The third-order valence-corrected chi connectivity index (χ3v) is 7.11. The number of alkyl halides is 3. The minimum Gasteiger partial charge on any atom is -0.481 e. The summed E-state index contributed by atoms with van der Waals surface area (Å²) in [5, 5.41) is 11.9. The van der Waals surface area contributed by atoms with Crippen LogP contribution in [0.2, 0.25) is 9.36 Å². The van der Waals surface area contributed by atoms with E-state index in [2.05, 4.69) is 5.32 Å². The summed E-state index contributed by atoms with van der Waals surface area (Å²) in [6.45, 7) is 0.950. The Hall–Kier alpha value is -1.77. The van der Waals surface area contributed by atoms with Crippen molar-refractivity contribution in [2.75, 3.05) is 5.32 Å². The highest BCUT2D eigenvalue weighted by Crippen LogP contribution is 2.46. The van der Waals surface area contributed by atoms with Crippen molar-refractivity contribution in [3.05, 3.63) is 50.1 Å². The smallest absolute Gasteiger partial charge is 0.392 e. The summed E-state index contributed by atoms with van der Waals surface area (Å²) < 4.78 is 40.7. The van der Waals surface area contributed by atoms with Crippen LogP contribution < -0.4 is 5.32 Å². The van der Waals surface area contributed by atoms with E-state index in [1.165, 1.54) is 18.2 Å². The van der Waals surface area contributed by atoms with Crippen molar-refractivity contribution in [1.82, 2.24) is 0 Å². The highest BCUT2D eigenvalue weighted by Gasteiger charge is 2.45. The molecule has 1 unspecified atom stereocenters. The first-order valence-corrected chi connectivity index (χ1v) is 11.2. The predicted molar refractivity (Wildman–Crippen MR) is 115 cm³/mol. The molecule has 1 fully saturated rings. The number of carbonyl (C=O) groups is 2. The van der Waals surface area contributed by atoms with E-state index in [0.717, 1.165) is 31.1 Å². The van der Waals surface area contributed by atoms with E-state index in [9.17, 15) is 27.9 Å². The molecule has 31 heavy (non-hydrogen) atoms. The van der Waals surface area contributed by atoms with Gasteiger partial charge in [-0.05, 0) is 54.5 Å². The molecule has 1 amide bonds. The normalized spacial score (nSPS) is 17.1. The summed E-state index contributed by atoms with van der Waals surface area (Å²) in [6.07, 6.45) is -2.84. The van der Waals surface area contributed by atoms with Gasteiger partial charge in [0, 0.05) is 4.88 Å². The lowest BCUT2D eigenvalue weighted by Crippen LogP contribution is -2.34. The van der Waals surface area contributed by atoms with Gasteiger partial charge in [-0.3, -0.25) is 9.59 Å². The number of aliphatic carboxylic acids is 1. The summed E-state index contributed by atoms with van der Waals surface area (Å²) in [7, 11) is 0. The summed E-state index contributed by atoms with van der Waals surface area (Å²) >= 11 is 13.0. The fourth-order valence-electron chi connectivity index (χ4n) is 3.61. The van der Waals surface area contributed by atoms with Crippen LogP contribution in [-0.2, 0) is 9.59 Å². The molecule has 1 saturated carbocycles. The lowest BCUT2D eigenvalue weighted by atomic mass is 9.89. The van der Waals surface area contributed by atoms with Gasteiger partial charge in [-0.25, -0.2) is 0 Å². The number of rotatable bonds is 8. The Morgan fingerprint density at radius 3 is 2.42 bits per heavy atom. The molecule has 0 bridgehead atoms. The molecule has 2 aromatic rings. The molecule has 0 saturated heterocycles. The molecule has 1 aromatic heterocycles. The fourth-order valence-corrected chi connectivity index (χ4v) is 5.04. The quantitative estimate of drug-likeness (QED) is 0.418. The van der Waals surface area contributed by atoms with Crippen LogP contribution >= 0.6 is 34.5 Å². The van der Waals surface area contributed by atoms with E-state index in [4.69, 9.17) is 23.2 Å². The van der Waals surface area contributed by atoms with Crippen LogP contribution in [0.15, 0.2) is 30.3 Å². The minimum atomic E-state index is -4.59. The highest BCUT2D eigenvalue weighted by atomic mass is 35.5. The zero-order valence-corrected chi connectivity index (χ0v) is 18.7.